The molecule has 1 unspecified atom stereocenters. The number of nitrogens with zero attached hydrogens (tertiary/aromatic N) is 6. The average molecular weight is 404 g/mol. The first-order chi connectivity index (χ1) is 14.8. The predicted molar refractivity (Wildman–Crippen MR) is 107 cm³/mol. The molecule has 152 valence electrons. The van der Waals surface area contributed by atoms with Gasteiger partial charge in [0.15, 0.2) is 11.6 Å². The van der Waals surface area contributed by atoms with E-state index in [4.69, 9.17) is 14.0 Å². The second kappa shape index (κ2) is 8.03. The minimum Gasteiger partial charge on any atom is -0.472 e. The zero-order valence-corrected chi connectivity index (χ0v) is 16.4. The molecule has 30 heavy (non-hydrogen) atoms. The number of benzene rings is 1. The van der Waals surface area contributed by atoms with Crippen molar-refractivity contribution in [3.05, 3.63) is 60.3 Å². The van der Waals surface area contributed by atoms with Gasteiger partial charge in [0.2, 0.25) is 5.88 Å². The highest BCUT2D eigenvalue weighted by molar-refractivity contribution is 5.55. The van der Waals surface area contributed by atoms with Crippen molar-refractivity contribution in [2.75, 3.05) is 13.2 Å². The van der Waals surface area contributed by atoms with E-state index in [0.29, 0.717) is 37.2 Å². The van der Waals surface area contributed by atoms with Crippen molar-refractivity contribution in [3.63, 3.8) is 0 Å². The van der Waals surface area contributed by atoms with Gasteiger partial charge >= 0.3 is 0 Å². The van der Waals surface area contributed by atoms with E-state index in [2.05, 4.69) is 25.3 Å². The van der Waals surface area contributed by atoms with Crippen LogP contribution in [0, 0.1) is 0 Å². The van der Waals surface area contributed by atoms with Crippen LogP contribution in [-0.4, -0.2) is 49.2 Å². The van der Waals surface area contributed by atoms with Crippen LogP contribution in [0.5, 0.6) is 5.88 Å². The van der Waals surface area contributed by atoms with E-state index < -0.39 is 0 Å². The monoisotopic (exact) mass is 404 g/mol. The Morgan fingerprint density at radius 1 is 1.13 bits per heavy atom. The van der Waals surface area contributed by atoms with Crippen molar-refractivity contribution in [2.24, 2.45) is 7.05 Å². The Morgan fingerprint density at radius 3 is 2.87 bits per heavy atom. The molecule has 0 amide bonds. The summed E-state index contributed by atoms with van der Waals surface area (Å²) >= 11 is 0. The molecule has 1 fully saturated rings. The molecule has 3 aromatic heterocycles. The van der Waals surface area contributed by atoms with Crippen LogP contribution >= 0.6 is 0 Å². The minimum atomic E-state index is 0.0284. The molecule has 1 saturated heterocycles. The van der Waals surface area contributed by atoms with Crippen LogP contribution in [0.25, 0.3) is 22.8 Å². The number of rotatable bonds is 6. The Labute approximate surface area is 172 Å². The number of hydrogen-bond donors (Lipinski definition) is 0. The van der Waals surface area contributed by atoms with E-state index >= 15 is 0 Å². The molecule has 0 saturated carbocycles. The van der Waals surface area contributed by atoms with Gasteiger partial charge in [0, 0.05) is 36.9 Å². The zero-order chi connectivity index (χ0) is 20.3. The second-order valence-electron chi connectivity index (χ2n) is 7.04. The van der Waals surface area contributed by atoms with Gasteiger partial charge in [-0.3, -0.25) is 0 Å². The van der Waals surface area contributed by atoms with E-state index in [1.807, 2.05) is 48.0 Å². The molecule has 4 heterocycles. The van der Waals surface area contributed by atoms with E-state index in [1.165, 1.54) is 0 Å². The maximum absolute atomic E-state index is 5.85. The summed E-state index contributed by atoms with van der Waals surface area (Å²) < 4.78 is 18.6. The standard InChI is InChI=1S/C21H20N6O3/c1-27-18(24-25-20(27)14-5-3-2-4-6-14)12-17-23-21(30-26-17)15-7-9-22-19(11-15)29-16-8-10-28-13-16/h2-7,9,11,16H,8,10,12-13H2,1H3. The molecule has 1 atom stereocenters. The van der Waals surface area contributed by atoms with Crippen LogP contribution in [0.2, 0.25) is 0 Å². The highest BCUT2D eigenvalue weighted by Gasteiger charge is 2.19. The lowest BCUT2D eigenvalue weighted by molar-refractivity contribution is 0.138. The summed E-state index contributed by atoms with van der Waals surface area (Å²) in [6.07, 6.45) is 2.97. The Hall–Kier alpha value is -3.59. The fraction of sp³-hybridized carbons (Fsp3) is 0.286. The fourth-order valence-electron chi connectivity index (χ4n) is 3.32. The van der Waals surface area contributed by atoms with E-state index in [9.17, 15) is 0 Å². The fourth-order valence-corrected chi connectivity index (χ4v) is 3.32. The van der Waals surface area contributed by atoms with Crippen molar-refractivity contribution in [3.8, 4) is 28.7 Å². The van der Waals surface area contributed by atoms with Gasteiger partial charge in [-0.15, -0.1) is 10.2 Å². The lowest BCUT2D eigenvalue weighted by atomic mass is 10.2. The molecule has 0 aliphatic carbocycles. The summed E-state index contributed by atoms with van der Waals surface area (Å²) in [6, 6.07) is 13.5. The molecule has 1 aliphatic rings. The topological polar surface area (TPSA) is 101 Å². The minimum absolute atomic E-state index is 0.0284. The van der Waals surface area contributed by atoms with Crippen LogP contribution in [0.3, 0.4) is 0 Å². The van der Waals surface area contributed by atoms with Crippen molar-refractivity contribution in [2.45, 2.75) is 18.9 Å². The molecule has 0 radical (unpaired) electrons. The molecule has 0 spiro atoms. The molecule has 0 N–H and O–H groups in total. The normalized spacial score (nSPS) is 16.1. The van der Waals surface area contributed by atoms with Crippen molar-refractivity contribution in [1.82, 2.24) is 29.9 Å². The van der Waals surface area contributed by atoms with Gasteiger partial charge in [-0.1, -0.05) is 35.5 Å². The van der Waals surface area contributed by atoms with E-state index in [1.54, 1.807) is 12.3 Å². The first-order valence-electron chi connectivity index (χ1n) is 9.73. The van der Waals surface area contributed by atoms with Crippen LogP contribution in [0.1, 0.15) is 18.1 Å². The third kappa shape index (κ3) is 3.79. The SMILES string of the molecule is Cn1c(Cc2noc(-c3ccnc(OC4CCOC4)c3)n2)nnc1-c1ccccc1. The molecule has 9 heteroatoms. The quantitative estimate of drug-likeness (QED) is 0.483. The first-order valence-corrected chi connectivity index (χ1v) is 9.73. The zero-order valence-electron chi connectivity index (χ0n) is 16.4. The van der Waals surface area contributed by atoms with Crippen LogP contribution in [-0.2, 0) is 18.2 Å². The van der Waals surface area contributed by atoms with Crippen LogP contribution in [0.15, 0.2) is 53.2 Å². The lowest BCUT2D eigenvalue weighted by Crippen LogP contribution is -2.16. The first kappa shape index (κ1) is 18.4. The molecular weight excluding hydrogens is 384 g/mol. The van der Waals surface area contributed by atoms with E-state index in [0.717, 1.165) is 29.2 Å². The molecule has 5 rings (SSSR count). The van der Waals surface area contributed by atoms with Gasteiger partial charge in [-0.05, 0) is 6.07 Å². The number of pyridine rings is 1. The average Bonchev–Trinajstić information content (AvgIpc) is 3.52. The Balaban J connectivity index is 1.32. The summed E-state index contributed by atoms with van der Waals surface area (Å²) in [6.45, 7) is 1.30. The molecule has 9 nitrogen and oxygen atoms in total. The van der Waals surface area contributed by atoms with Crippen LogP contribution < -0.4 is 4.74 Å². The Morgan fingerprint density at radius 2 is 2.03 bits per heavy atom. The van der Waals surface area contributed by atoms with Gasteiger partial charge < -0.3 is 18.6 Å². The highest BCUT2D eigenvalue weighted by atomic mass is 16.5. The molecule has 1 aliphatic heterocycles. The smallest absolute Gasteiger partial charge is 0.258 e. The molecular formula is C21H20N6O3. The third-order valence-corrected chi connectivity index (χ3v) is 4.94. The maximum atomic E-state index is 5.85. The van der Waals surface area contributed by atoms with Gasteiger partial charge in [-0.25, -0.2) is 4.98 Å². The largest absolute Gasteiger partial charge is 0.472 e. The summed E-state index contributed by atoms with van der Waals surface area (Å²) in [4.78, 5) is 8.76. The molecule has 4 aromatic rings. The summed E-state index contributed by atoms with van der Waals surface area (Å²) in [5.74, 6) is 3.00. The maximum Gasteiger partial charge on any atom is 0.258 e. The second-order valence-corrected chi connectivity index (χ2v) is 7.04. The van der Waals surface area contributed by atoms with E-state index in [-0.39, 0.29) is 6.10 Å². The van der Waals surface area contributed by atoms with Gasteiger partial charge in [-0.2, -0.15) is 4.98 Å². The van der Waals surface area contributed by atoms with Gasteiger partial charge in [0.25, 0.3) is 5.89 Å². The van der Waals surface area contributed by atoms with Crippen molar-refractivity contribution >= 4 is 0 Å². The summed E-state index contributed by atoms with van der Waals surface area (Å²) in [5.41, 5.74) is 1.75. The Kier molecular flexibility index (Phi) is 4.94. The third-order valence-electron chi connectivity index (χ3n) is 4.94. The molecule has 0 bridgehead atoms. The highest BCUT2D eigenvalue weighted by Crippen LogP contribution is 2.23. The summed E-state index contributed by atoms with van der Waals surface area (Å²) in [5, 5.41) is 12.7. The lowest BCUT2D eigenvalue weighted by Gasteiger charge is -2.10. The molecule has 1 aromatic carbocycles. The number of hydrogen-bond acceptors (Lipinski definition) is 8. The van der Waals surface area contributed by atoms with Crippen molar-refractivity contribution < 1.29 is 14.0 Å². The number of ether oxygens (including phenoxy) is 2. The summed E-state index contributed by atoms with van der Waals surface area (Å²) in [7, 11) is 1.93. The predicted octanol–water partition coefficient (Wildman–Crippen LogP) is 2.69. The Bertz CT molecular complexity index is 1130. The number of aromatic nitrogens is 6. The van der Waals surface area contributed by atoms with Crippen molar-refractivity contribution in [1.29, 1.82) is 0 Å². The van der Waals surface area contributed by atoms with Crippen LogP contribution in [0.4, 0.5) is 0 Å². The van der Waals surface area contributed by atoms with Gasteiger partial charge in [0.05, 0.1) is 19.6 Å². The van der Waals surface area contributed by atoms with Gasteiger partial charge in [0.1, 0.15) is 11.9 Å².